The number of phenolic OH excluding ortho intramolecular Hbond substituents is 1. The summed E-state index contributed by atoms with van der Waals surface area (Å²) in [6.45, 7) is -0.814. The molecule has 10 heteroatoms. The van der Waals surface area contributed by atoms with Crippen molar-refractivity contribution in [2.75, 3.05) is 17.2 Å². The van der Waals surface area contributed by atoms with Crippen molar-refractivity contribution in [3.63, 3.8) is 0 Å². The van der Waals surface area contributed by atoms with Crippen LogP contribution in [0.3, 0.4) is 0 Å². The van der Waals surface area contributed by atoms with Crippen molar-refractivity contribution in [2.45, 2.75) is 6.10 Å². The van der Waals surface area contributed by atoms with Gasteiger partial charge in [-0.05, 0) is 30.3 Å². The Morgan fingerprint density at radius 1 is 0.882 bits per heavy atom. The summed E-state index contributed by atoms with van der Waals surface area (Å²) in [5, 5.41) is 34.2. The lowest BCUT2D eigenvalue weighted by Crippen LogP contribution is -2.22. The van der Waals surface area contributed by atoms with Gasteiger partial charge in [0.1, 0.15) is 40.7 Å². The Hall–Kier alpha value is -4.15. The minimum Gasteiger partial charge on any atom is -0.508 e. The number of carbonyl (C=O) groups is 2. The maximum Gasteiger partial charge on any atom is 0.203 e. The second-order valence-corrected chi connectivity index (χ2v) is 7.45. The van der Waals surface area contributed by atoms with Gasteiger partial charge in [-0.25, -0.2) is 13.2 Å². The van der Waals surface area contributed by atoms with Gasteiger partial charge in [0, 0.05) is 23.3 Å². The molecule has 5 N–H and O–H groups in total. The Morgan fingerprint density at radius 3 is 2.24 bits per heavy atom. The van der Waals surface area contributed by atoms with E-state index in [-0.39, 0.29) is 17.1 Å². The lowest BCUT2D eigenvalue weighted by molar-refractivity contribution is 0.0915. The summed E-state index contributed by atoms with van der Waals surface area (Å²) in [5.41, 5.74) is -1.48. The van der Waals surface area contributed by atoms with Crippen molar-refractivity contribution in [3.8, 4) is 5.75 Å². The number of benzene rings is 3. The van der Waals surface area contributed by atoms with Crippen LogP contribution in [0.25, 0.3) is 0 Å². The number of aliphatic hydroxyl groups is 2. The van der Waals surface area contributed by atoms with Crippen molar-refractivity contribution in [1.82, 2.24) is 0 Å². The minimum atomic E-state index is -1.62. The first-order valence-corrected chi connectivity index (χ1v) is 9.93. The fourth-order valence-corrected chi connectivity index (χ4v) is 3.55. The highest BCUT2D eigenvalue weighted by molar-refractivity contribution is 6.32. The van der Waals surface area contributed by atoms with E-state index in [0.29, 0.717) is 17.4 Å². The lowest BCUT2D eigenvalue weighted by atomic mass is 9.93. The quantitative estimate of drug-likeness (QED) is 0.123. The second-order valence-electron chi connectivity index (χ2n) is 7.45. The number of halogens is 3. The van der Waals surface area contributed by atoms with Gasteiger partial charge in [-0.15, -0.1) is 0 Å². The van der Waals surface area contributed by atoms with E-state index in [9.17, 15) is 28.6 Å². The third kappa shape index (κ3) is 4.24. The van der Waals surface area contributed by atoms with Crippen molar-refractivity contribution in [3.05, 3.63) is 100 Å². The van der Waals surface area contributed by atoms with Gasteiger partial charge in [-0.2, -0.15) is 0 Å². The van der Waals surface area contributed by atoms with Crippen LogP contribution in [-0.2, 0) is 0 Å². The summed E-state index contributed by atoms with van der Waals surface area (Å²) in [6.07, 6.45) is -1.62. The number of nitrogens with one attached hydrogen (secondary N) is 2. The number of fused-ring (bicyclic) bond motifs is 1. The topological polar surface area (TPSA) is 119 Å². The molecule has 34 heavy (non-hydrogen) atoms. The van der Waals surface area contributed by atoms with Crippen LogP contribution in [0.2, 0.25) is 0 Å². The number of hydrogen-bond acceptors (Lipinski definition) is 7. The molecule has 1 atom stereocenters. The predicted molar refractivity (Wildman–Crippen MR) is 116 cm³/mol. The van der Waals surface area contributed by atoms with E-state index < -0.39 is 58.4 Å². The molecule has 0 fully saturated rings. The molecule has 7 nitrogen and oxygen atoms in total. The van der Waals surface area contributed by atoms with Gasteiger partial charge in [0.15, 0.2) is 0 Å². The molecule has 0 amide bonds. The molecular formula is C24H17F3N2O5. The zero-order chi connectivity index (χ0) is 24.6. The van der Waals surface area contributed by atoms with E-state index in [0.717, 1.165) is 24.3 Å². The van der Waals surface area contributed by atoms with Crippen LogP contribution in [-0.4, -0.2) is 33.5 Å². The molecule has 174 valence electrons. The number of allylic oxidation sites excluding steroid dienone is 1. The highest BCUT2D eigenvalue weighted by Crippen LogP contribution is 2.36. The number of phenols is 1. The number of carbonyl (C=O) groups excluding carboxylic acids is 2. The molecule has 0 aromatic heterocycles. The number of hydrogen-bond donors (Lipinski definition) is 5. The van der Waals surface area contributed by atoms with E-state index in [1.807, 2.05) is 0 Å². The molecule has 3 aromatic carbocycles. The Morgan fingerprint density at radius 2 is 1.56 bits per heavy atom. The summed E-state index contributed by atoms with van der Waals surface area (Å²) in [6, 6.07) is 9.61. The van der Waals surface area contributed by atoms with E-state index in [4.69, 9.17) is 5.11 Å². The summed E-state index contributed by atoms with van der Waals surface area (Å²) < 4.78 is 42.7. The molecule has 1 aliphatic heterocycles. The van der Waals surface area contributed by atoms with Crippen LogP contribution in [0, 0.1) is 17.5 Å². The SMILES string of the molecule is O=C(C(C(=O)c1cccc([C@@H](O)CO)c1F)=C1Nc2ccc(O)cc2N1)c1cc(F)cc(F)c1. The van der Waals surface area contributed by atoms with Gasteiger partial charge < -0.3 is 26.0 Å². The summed E-state index contributed by atoms with van der Waals surface area (Å²) in [4.78, 5) is 26.7. The van der Waals surface area contributed by atoms with Crippen LogP contribution in [0.5, 0.6) is 5.75 Å². The summed E-state index contributed by atoms with van der Waals surface area (Å²) in [5.74, 6) is -5.85. The van der Waals surface area contributed by atoms with Crippen molar-refractivity contribution < 1.29 is 38.1 Å². The predicted octanol–water partition coefficient (Wildman–Crippen LogP) is 3.65. The first-order chi connectivity index (χ1) is 16.2. The van der Waals surface area contributed by atoms with Crippen LogP contribution in [0.15, 0.2) is 66.0 Å². The van der Waals surface area contributed by atoms with Gasteiger partial charge in [-0.3, -0.25) is 9.59 Å². The maximum atomic E-state index is 15.1. The molecular weight excluding hydrogens is 453 g/mol. The van der Waals surface area contributed by atoms with Crippen LogP contribution < -0.4 is 10.6 Å². The lowest BCUT2D eigenvalue weighted by Gasteiger charge is -2.14. The van der Waals surface area contributed by atoms with Gasteiger partial charge in [0.2, 0.25) is 11.6 Å². The molecule has 0 bridgehead atoms. The summed E-state index contributed by atoms with van der Waals surface area (Å²) >= 11 is 0. The summed E-state index contributed by atoms with van der Waals surface area (Å²) in [7, 11) is 0. The smallest absolute Gasteiger partial charge is 0.203 e. The molecule has 3 aromatic rings. The van der Waals surface area contributed by atoms with Gasteiger partial charge in [0.25, 0.3) is 0 Å². The van der Waals surface area contributed by atoms with Crippen LogP contribution in [0.4, 0.5) is 24.5 Å². The molecule has 1 aliphatic rings. The highest BCUT2D eigenvalue weighted by atomic mass is 19.1. The number of rotatable bonds is 6. The average molecular weight is 470 g/mol. The Kier molecular flexibility index (Phi) is 6.10. The van der Waals surface area contributed by atoms with Gasteiger partial charge in [-0.1, -0.05) is 12.1 Å². The zero-order valence-corrected chi connectivity index (χ0v) is 17.3. The van der Waals surface area contributed by atoms with Crippen molar-refractivity contribution >= 4 is 22.9 Å². The first kappa shape index (κ1) is 23.0. The monoisotopic (exact) mass is 470 g/mol. The normalized spacial score (nSPS) is 14.6. The Bertz CT molecular complexity index is 1340. The Labute approximate surface area is 190 Å². The number of anilines is 2. The molecule has 0 radical (unpaired) electrons. The molecule has 0 saturated heterocycles. The number of aliphatic hydroxyl groups excluding tert-OH is 2. The van der Waals surface area contributed by atoms with E-state index in [1.54, 1.807) is 0 Å². The van der Waals surface area contributed by atoms with E-state index in [2.05, 4.69) is 10.6 Å². The maximum absolute atomic E-state index is 15.1. The molecule has 0 spiro atoms. The van der Waals surface area contributed by atoms with Gasteiger partial charge >= 0.3 is 0 Å². The standard InChI is InChI=1S/C24H17F3N2O5/c25-12-6-11(7-13(26)8-12)22(33)20(24-28-17-5-4-14(31)9-18(17)29-24)23(34)16-3-1-2-15(21(16)27)19(32)10-30/h1-9,19,28-32H,10H2/t19-/m0/s1. The zero-order valence-electron chi connectivity index (χ0n) is 17.3. The van der Waals surface area contributed by atoms with Crippen molar-refractivity contribution in [2.24, 2.45) is 0 Å². The fraction of sp³-hybridized carbons (Fsp3) is 0.0833. The van der Waals surface area contributed by atoms with Crippen LogP contribution in [0.1, 0.15) is 32.4 Å². The minimum absolute atomic E-state index is 0.113. The molecule has 0 aliphatic carbocycles. The number of ketones is 2. The molecule has 1 heterocycles. The molecule has 0 unspecified atom stereocenters. The highest BCUT2D eigenvalue weighted by Gasteiger charge is 2.32. The van der Waals surface area contributed by atoms with Crippen molar-refractivity contribution in [1.29, 1.82) is 0 Å². The first-order valence-electron chi connectivity index (χ1n) is 9.93. The second kappa shape index (κ2) is 9.00. The third-order valence-corrected chi connectivity index (χ3v) is 5.16. The van der Waals surface area contributed by atoms with E-state index in [1.165, 1.54) is 24.3 Å². The third-order valence-electron chi connectivity index (χ3n) is 5.16. The van der Waals surface area contributed by atoms with Gasteiger partial charge in [0.05, 0.1) is 23.5 Å². The Balaban J connectivity index is 1.87. The number of Topliss-reactive ketones (excluding diaryl/α,β-unsaturated/α-hetero) is 2. The average Bonchev–Trinajstić information content (AvgIpc) is 3.20. The van der Waals surface area contributed by atoms with E-state index >= 15 is 4.39 Å². The fourth-order valence-electron chi connectivity index (χ4n) is 3.55. The number of aromatic hydroxyl groups is 1. The molecule has 0 saturated carbocycles. The molecule has 4 rings (SSSR count). The largest absolute Gasteiger partial charge is 0.508 e. The van der Waals surface area contributed by atoms with Crippen LogP contribution >= 0.6 is 0 Å².